The smallest absolute Gasteiger partial charge is 0.179 e. The van der Waals surface area contributed by atoms with Gasteiger partial charge in [-0.25, -0.2) is 0 Å². The van der Waals surface area contributed by atoms with E-state index in [1.165, 1.54) is 42.6 Å². The Labute approximate surface area is 322 Å². The van der Waals surface area contributed by atoms with E-state index >= 15 is 0 Å². The van der Waals surface area contributed by atoms with Crippen LogP contribution in [-0.2, 0) is 0 Å². The highest BCUT2D eigenvalue weighted by Crippen LogP contribution is 2.41. The van der Waals surface area contributed by atoms with E-state index < -0.39 is 8.07 Å². The zero-order valence-corrected chi connectivity index (χ0v) is 31.2. The lowest BCUT2D eigenvalue weighted by atomic mass is 10.0. The van der Waals surface area contributed by atoms with Gasteiger partial charge in [-0.2, -0.15) is 0 Å². The minimum absolute atomic E-state index is 0.876. The molecular weight excluding hydrogens is 683 g/mol. The van der Waals surface area contributed by atoms with Crippen molar-refractivity contribution in [3.63, 3.8) is 0 Å². The zero-order chi connectivity index (χ0) is 36.6. The number of fused-ring (bicyclic) bond motifs is 4. The lowest BCUT2D eigenvalue weighted by Crippen LogP contribution is -2.74. The monoisotopic (exact) mass is 719 g/mol. The molecule has 0 aliphatic carbocycles. The lowest BCUT2D eigenvalue weighted by molar-refractivity contribution is 0.669. The van der Waals surface area contributed by atoms with Gasteiger partial charge in [-0.1, -0.05) is 176 Å². The molecule has 0 fully saturated rings. The van der Waals surface area contributed by atoms with E-state index in [4.69, 9.17) is 4.42 Å². The average molecular weight is 720 g/mol. The van der Waals surface area contributed by atoms with Gasteiger partial charge in [0.2, 0.25) is 0 Å². The number of hydrogen-bond donors (Lipinski definition) is 0. The molecule has 260 valence electrons. The molecular formula is C52H37NOSi. The van der Waals surface area contributed by atoms with Gasteiger partial charge < -0.3 is 9.32 Å². The van der Waals surface area contributed by atoms with Gasteiger partial charge in [-0.15, -0.1) is 0 Å². The van der Waals surface area contributed by atoms with Crippen LogP contribution >= 0.6 is 0 Å². The fourth-order valence-corrected chi connectivity index (χ4v) is 13.2. The number of anilines is 3. The minimum Gasteiger partial charge on any atom is -0.456 e. The molecule has 0 saturated heterocycles. The quantitative estimate of drug-likeness (QED) is 0.115. The van der Waals surface area contributed by atoms with Crippen molar-refractivity contribution in [2.75, 3.05) is 4.90 Å². The van der Waals surface area contributed by atoms with Crippen molar-refractivity contribution in [1.29, 1.82) is 0 Å². The van der Waals surface area contributed by atoms with Crippen LogP contribution in [0.15, 0.2) is 229 Å². The average Bonchev–Trinajstić information content (AvgIpc) is 3.63. The molecule has 0 aliphatic heterocycles. The second-order valence-corrected chi connectivity index (χ2v) is 17.9. The van der Waals surface area contributed by atoms with Crippen molar-refractivity contribution < 1.29 is 4.42 Å². The van der Waals surface area contributed by atoms with Gasteiger partial charge in [-0.05, 0) is 85.8 Å². The molecule has 0 spiro atoms. The number of benzene rings is 9. The Hall–Kier alpha value is -6.94. The number of furan rings is 1. The van der Waals surface area contributed by atoms with E-state index in [0.29, 0.717) is 0 Å². The number of rotatable bonds is 8. The summed E-state index contributed by atoms with van der Waals surface area (Å²) in [4.78, 5) is 2.40. The third-order valence-corrected chi connectivity index (χ3v) is 15.8. The van der Waals surface area contributed by atoms with Crippen molar-refractivity contribution in [3.05, 3.63) is 224 Å². The van der Waals surface area contributed by atoms with Crippen LogP contribution in [0, 0.1) is 0 Å². The van der Waals surface area contributed by atoms with Crippen molar-refractivity contribution in [3.8, 4) is 11.1 Å². The van der Waals surface area contributed by atoms with E-state index in [1.54, 1.807) is 0 Å². The zero-order valence-electron chi connectivity index (χ0n) is 30.2. The van der Waals surface area contributed by atoms with Crippen molar-refractivity contribution in [2.24, 2.45) is 0 Å². The van der Waals surface area contributed by atoms with E-state index in [0.717, 1.165) is 39.0 Å². The van der Waals surface area contributed by atoms with E-state index in [1.807, 2.05) is 0 Å². The van der Waals surface area contributed by atoms with Gasteiger partial charge in [-0.3, -0.25) is 0 Å². The summed E-state index contributed by atoms with van der Waals surface area (Å²) in [5.41, 5.74) is 7.41. The fraction of sp³-hybridized carbons (Fsp3) is 0. The maximum absolute atomic E-state index is 6.43. The number of hydrogen-bond acceptors (Lipinski definition) is 2. The van der Waals surface area contributed by atoms with E-state index in [-0.39, 0.29) is 0 Å². The summed E-state index contributed by atoms with van der Waals surface area (Å²) in [6, 6.07) is 81.6. The summed E-state index contributed by atoms with van der Waals surface area (Å²) < 4.78 is 6.43. The fourth-order valence-electron chi connectivity index (χ4n) is 8.47. The molecule has 10 rings (SSSR count). The van der Waals surface area contributed by atoms with Crippen LogP contribution < -0.4 is 25.6 Å². The first-order valence-corrected chi connectivity index (χ1v) is 20.8. The molecule has 0 radical (unpaired) electrons. The molecule has 1 heterocycles. The van der Waals surface area contributed by atoms with Crippen molar-refractivity contribution >= 4 is 78.6 Å². The molecule has 1 aromatic heterocycles. The molecule has 0 unspecified atom stereocenters. The van der Waals surface area contributed by atoms with Crippen LogP contribution in [0.3, 0.4) is 0 Å². The highest BCUT2D eigenvalue weighted by Gasteiger charge is 2.41. The minimum atomic E-state index is -2.68. The molecule has 2 nitrogen and oxygen atoms in total. The van der Waals surface area contributed by atoms with Gasteiger partial charge in [0.05, 0.1) is 5.69 Å². The van der Waals surface area contributed by atoms with E-state index in [9.17, 15) is 0 Å². The van der Waals surface area contributed by atoms with Crippen LogP contribution in [0.2, 0.25) is 0 Å². The Bertz CT molecular complexity index is 2800. The molecule has 0 saturated carbocycles. The van der Waals surface area contributed by atoms with Crippen LogP contribution in [0.1, 0.15) is 0 Å². The highest BCUT2D eigenvalue weighted by atomic mass is 28.3. The predicted molar refractivity (Wildman–Crippen MR) is 235 cm³/mol. The largest absolute Gasteiger partial charge is 0.456 e. The van der Waals surface area contributed by atoms with Gasteiger partial charge in [0, 0.05) is 27.5 Å². The lowest BCUT2D eigenvalue weighted by Gasteiger charge is -2.35. The molecule has 0 bridgehead atoms. The summed E-state index contributed by atoms with van der Waals surface area (Å²) >= 11 is 0. The summed E-state index contributed by atoms with van der Waals surface area (Å²) in [6.07, 6.45) is 0. The van der Waals surface area contributed by atoms with Crippen LogP contribution in [-0.4, -0.2) is 8.07 Å². The van der Waals surface area contributed by atoms with Gasteiger partial charge >= 0.3 is 0 Å². The first kappa shape index (κ1) is 32.7. The van der Waals surface area contributed by atoms with Gasteiger partial charge in [0.15, 0.2) is 8.07 Å². The second-order valence-electron chi connectivity index (χ2n) is 14.1. The molecule has 0 atom stereocenters. The van der Waals surface area contributed by atoms with Crippen molar-refractivity contribution in [1.82, 2.24) is 0 Å². The van der Waals surface area contributed by atoms with Gasteiger partial charge in [0.1, 0.15) is 11.2 Å². The maximum atomic E-state index is 6.43. The SMILES string of the molecule is c1ccc(-c2ccc3oc4ccc(N(c5ccc([Si](c6ccccc6)(c6ccccc6)c6ccccc6)cc5)c5cccc6ccccc56)cc4c3c2)cc1. The first-order valence-electron chi connectivity index (χ1n) is 18.8. The van der Waals surface area contributed by atoms with Crippen LogP contribution in [0.5, 0.6) is 0 Å². The summed E-state index contributed by atoms with van der Waals surface area (Å²) in [5.74, 6) is 0. The molecule has 0 aliphatic rings. The maximum Gasteiger partial charge on any atom is 0.179 e. The van der Waals surface area contributed by atoms with Crippen molar-refractivity contribution in [2.45, 2.75) is 0 Å². The molecule has 10 aromatic rings. The Morgan fingerprint density at radius 2 is 0.818 bits per heavy atom. The summed E-state index contributed by atoms with van der Waals surface area (Å²) in [7, 11) is -2.68. The Balaban J connectivity index is 1.18. The molecule has 9 aromatic carbocycles. The highest BCUT2D eigenvalue weighted by molar-refractivity contribution is 7.19. The second kappa shape index (κ2) is 13.8. The standard InChI is InChI=1S/C52H37NOSi/c1-5-16-38(17-6-1)40-28-34-51-48(36-40)49-37-42(31-35-52(49)54-51)53(50-27-15-19-39-18-13-14-26-47(39)50)41-29-32-46(33-30-41)55(43-20-7-2-8-21-43,44-22-9-3-10-23-44)45-24-11-4-12-25-45/h1-37H. The molecule has 55 heavy (non-hydrogen) atoms. The van der Waals surface area contributed by atoms with E-state index in [2.05, 4.69) is 229 Å². The first-order chi connectivity index (χ1) is 27.3. The molecule has 3 heteroatoms. The van der Waals surface area contributed by atoms with Gasteiger partial charge in [0.25, 0.3) is 0 Å². The number of nitrogens with zero attached hydrogens (tertiary/aromatic N) is 1. The summed E-state index contributed by atoms with van der Waals surface area (Å²) in [6.45, 7) is 0. The Kier molecular flexibility index (Phi) is 8.20. The predicted octanol–water partition coefficient (Wildman–Crippen LogP) is 11.3. The Morgan fingerprint density at radius 1 is 0.327 bits per heavy atom. The van der Waals surface area contributed by atoms with Crippen LogP contribution in [0.25, 0.3) is 43.8 Å². The Morgan fingerprint density at radius 3 is 1.45 bits per heavy atom. The van der Waals surface area contributed by atoms with Crippen LogP contribution in [0.4, 0.5) is 17.1 Å². The molecule has 0 amide bonds. The molecule has 0 N–H and O–H groups in total. The normalized spacial score (nSPS) is 11.6. The topological polar surface area (TPSA) is 16.4 Å². The third kappa shape index (κ3) is 5.65. The third-order valence-electron chi connectivity index (χ3n) is 11.0. The summed E-state index contributed by atoms with van der Waals surface area (Å²) in [5, 5.41) is 10.0.